The van der Waals surface area contributed by atoms with Gasteiger partial charge >= 0.3 is 11.9 Å². The number of amides is 1. The Bertz CT molecular complexity index is 1180. The number of carboxylic acid groups (broad SMARTS) is 2. The minimum Gasteiger partial charge on any atom is -0.493 e. The molecule has 0 saturated carbocycles. The van der Waals surface area contributed by atoms with Gasteiger partial charge in [-0.2, -0.15) is 0 Å². The molecule has 220 valence electrons. The number of nitrogens with one attached hydrogen (secondary N) is 2. The van der Waals surface area contributed by atoms with Crippen molar-refractivity contribution in [2.75, 3.05) is 35.0 Å². The number of carbonyl (C=O) groups excluding carboxylic acids is 1. The molecule has 0 aliphatic carbocycles. The average molecular weight is 561 g/mol. The Morgan fingerprint density at radius 2 is 1.45 bits per heavy atom. The molecule has 11 heteroatoms. The number of ether oxygens (including phenoxy) is 4. The van der Waals surface area contributed by atoms with E-state index in [0.29, 0.717) is 30.1 Å². The van der Waals surface area contributed by atoms with Crippen LogP contribution in [0.5, 0.6) is 23.0 Å². The van der Waals surface area contributed by atoms with Crippen LogP contribution in [0.15, 0.2) is 30.3 Å². The Kier molecular flexibility index (Phi) is 11.6. The van der Waals surface area contributed by atoms with Crippen molar-refractivity contribution in [1.29, 1.82) is 0 Å². The molecule has 1 aliphatic rings. The molecule has 4 N–H and O–H groups in total. The Morgan fingerprint density at radius 1 is 0.900 bits per heavy atom. The van der Waals surface area contributed by atoms with Gasteiger partial charge in [-0.15, -0.1) is 0 Å². The molecule has 2 aromatic rings. The molecule has 11 nitrogen and oxygen atoms in total. The van der Waals surface area contributed by atoms with Crippen LogP contribution in [0.2, 0.25) is 0 Å². The van der Waals surface area contributed by atoms with Gasteiger partial charge in [0.15, 0.2) is 23.0 Å². The zero-order valence-corrected chi connectivity index (χ0v) is 24.1. The molecule has 1 amide bonds. The molecule has 2 aromatic carbocycles. The first-order valence-electron chi connectivity index (χ1n) is 12.8. The molecule has 0 saturated heterocycles. The van der Waals surface area contributed by atoms with Crippen LogP contribution in [0.1, 0.15) is 49.9 Å². The van der Waals surface area contributed by atoms with Crippen LogP contribution < -0.4 is 29.6 Å². The Labute approximate surface area is 234 Å². The van der Waals surface area contributed by atoms with Gasteiger partial charge in [0.2, 0.25) is 5.91 Å². The maximum Gasteiger partial charge on any atom is 0.414 e. The molecule has 0 radical (unpaired) electrons. The highest BCUT2D eigenvalue weighted by Gasteiger charge is 2.32. The predicted molar refractivity (Wildman–Crippen MR) is 149 cm³/mol. The van der Waals surface area contributed by atoms with E-state index in [1.54, 1.807) is 28.4 Å². The van der Waals surface area contributed by atoms with Gasteiger partial charge in [0.25, 0.3) is 0 Å². The second-order valence-electron chi connectivity index (χ2n) is 10.4. The molecule has 0 bridgehead atoms. The normalized spacial score (nSPS) is 14.9. The van der Waals surface area contributed by atoms with Gasteiger partial charge < -0.3 is 39.8 Å². The largest absolute Gasteiger partial charge is 0.493 e. The topological polar surface area (TPSA) is 153 Å². The number of aliphatic carboxylic acids is 2. The number of hydrogen-bond acceptors (Lipinski definition) is 8. The summed E-state index contributed by atoms with van der Waals surface area (Å²) < 4.78 is 22.0. The first-order valence-corrected chi connectivity index (χ1v) is 12.8. The quantitative estimate of drug-likeness (QED) is 0.336. The summed E-state index contributed by atoms with van der Waals surface area (Å²) in [4.78, 5) is 31.2. The monoisotopic (exact) mass is 560 g/mol. The van der Waals surface area contributed by atoms with Gasteiger partial charge in [0.1, 0.15) is 0 Å². The van der Waals surface area contributed by atoms with Gasteiger partial charge in [-0.05, 0) is 87.0 Å². The lowest BCUT2D eigenvalue weighted by Gasteiger charge is -2.34. The minimum absolute atomic E-state index is 0.0117. The standard InChI is InChI=1S/C27H38N2O5.C2H2O4/c1-27(2,3)29-25(30)15-19(12-17-8-9-21(31-4)22(13-17)32-5)26-20-16-24(34-7)23(33-6)14-18(20)10-11-28-26;3-1(4)2(5)6/h8-9,13-14,16,19,26,28H,10-12,15H2,1-7H3,(H,29,30);(H,3,4)(H,5,6)/t19?,26-;/m1./s1. The number of fused-ring (bicyclic) bond motifs is 1. The number of methoxy groups -OCH3 is 4. The summed E-state index contributed by atoms with van der Waals surface area (Å²) in [5.74, 6) is -0.815. The van der Waals surface area contributed by atoms with Gasteiger partial charge in [-0.25, -0.2) is 9.59 Å². The lowest BCUT2D eigenvalue weighted by Crippen LogP contribution is -2.43. The zero-order chi connectivity index (χ0) is 30.0. The van der Waals surface area contributed by atoms with Gasteiger partial charge in [-0.3, -0.25) is 4.79 Å². The summed E-state index contributed by atoms with van der Waals surface area (Å²) in [6, 6.07) is 10.0. The van der Waals surface area contributed by atoms with E-state index in [9.17, 15) is 4.79 Å². The molecule has 40 heavy (non-hydrogen) atoms. The number of carboxylic acids is 2. The van der Waals surface area contributed by atoms with E-state index in [2.05, 4.69) is 16.7 Å². The lowest BCUT2D eigenvalue weighted by molar-refractivity contribution is -0.159. The fourth-order valence-electron chi connectivity index (χ4n) is 4.66. The summed E-state index contributed by atoms with van der Waals surface area (Å²) in [5.41, 5.74) is 3.16. The summed E-state index contributed by atoms with van der Waals surface area (Å²) >= 11 is 0. The lowest BCUT2D eigenvalue weighted by atomic mass is 9.80. The van der Waals surface area contributed by atoms with Gasteiger partial charge in [-0.1, -0.05) is 6.07 Å². The minimum atomic E-state index is -1.82. The molecular weight excluding hydrogens is 520 g/mol. The van der Waals surface area contributed by atoms with Crippen molar-refractivity contribution in [1.82, 2.24) is 10.6 Å². The van der Waals surface area contributed by atoms with Crippen LogP contribution in [-0.2, 0) is 27.2 Å². The van der Waals surface area contributed by atoms with Crippen molar-refractivity contribution in [3.05, 3.63) is 47.0 Å². The van der Waals surface area contributed by atoms with Crippen LogP contribution in [0, 0.1) is 5.92 Å². The first kappa shape index (κ1) is 32.2. The Morgan fingerprint density at radius 3 is 1.98 bits per heavy atom. The predicted octanol–water partition coefficient (Wildman–Crippen LogP) is 3.23. The third-order valence-electron chi connectivity index (χ3n) is 6.30. The Balaban J connectivity index is 0.000000840. The third kappa shape index (κ3) is 9.04. The smallest absolute Gasteiger partial charge is 0.414 e. The number of benzene rings is 2. The van der Waals surface area contributed by atoms with Crippen molar-refractivity contribution < 1.29 is 43.5 Å². The van der Waals surface area contributed by atoms with Crippen molar-refractivity contribution in [3.63, 3.8) is 0 Å². The van der Waals surface area contributed by atoms with Crippen LogP contribution in [0.25, 0.3) is 0 Å². The molecule has 0 aromatic heterocycles. The molecule has 1 heterocycles. The van der Waals surface area contributed by atoms with Crippen LogP contribution in [0.4, 0.5) is 0 Å². The maximum atomic E-state index is 13.0. The number of carbonyl (C=O) groups is 3. The van der Waals surface area contributed by atoms with Gasteiger partial charge in [0.05, 0.1) is 28.4 Å². The summed E-state index contributed by atoms with van der Waals surface area (Å²) in [5, 5.41) is 21.6. The van der Waals surface area contributed by atoms with Crippen molar-refractivity contribution in [2.24, 2.45) is 5.92 Å². The van der Waals surface area contributed by atoms with Crippen molar-refractivity contribution in [3.8, 4) is 23.0 Å². The fraction of sp³-hybridized carbons (Fsp3) is 0.483. The third-order valence-corrected chi connectivity index (χ3v) is 6.30. The molecule has 1 aliphatic heterocycles. The maximum absolute atomic E-state index is 13.0. The highest BCUT2D eigenvalue weighted by atomic mass is 16.5. The van der Waals surface area contributed by atoms with E-state index in [0.717, 1.165) is 29.8 Å². The van der Waals surface area contributed by atoms with E-state index in [-0.39, 0.29) is 23.4 Å². The zero-order valence-electron chi connectivity index (χ0n) is 24.1. The SMILES string of the molecule is COc1ccc(CC(CC(=O)NC(C)(C)C)[C@H]2NCCc3cc(OC)c(OC)cc32)cc1OC.O=C(O)C(=O)O. The van der Waals surface area contributed by atoms with Crippen molar-refractivity contribution >= 4 is 17.8 Å². The fourth-order valence-corrected chi connectivity index (χ4v) is 4.66. The molecule has 1 unspecified atom stereocenters. The summed E-state index contributed by atoms with van der Waals surface area (Å²) in [6.07, 6.45) is 1.98. The molecule has 0 spiro atoms. The Hall–Kier alpha value is -3.99. The van der Waals surface area contributed by atoms with Crippen LogP contribution in [0.3, 0.4) is 0 Å². The van der Waals surface area contributed by atoms with E-state index in [1.165, 1.54) is 5.56 Å². The first-order chi connectivity index (χ1) is 18.8. The van der Waals surface area contributed by atoms with Gasteiger partial charge in [0, 0.05) is 18.0 Å². The molecule has 2 atom stereocenters. The second kappa shape index (κ2) is 14.4. The molecule has 3 rings (SSSR count). The van der Waals surface area contributed by atoms with Crippen molar-refractivity contribution in [2.45, 2.75) is 51.6 Å². The summed E-state index contributed by atoms with van der Waals surface area (Å²) in [7, 11) is 6.56. The molecule has 0 fully saturated rings. The van der Waals surface area contributed by atoms with E-state index in [1.807, 2.05) is 45.0 Å². The highest BCUT2D eigenvalue weighted by Crippen LogP contribution is 2.40. The van der Waals surface area contributed by atoms with E-state index < -0.39 is 11.9 Å². The molecular formula is C29H40N2O9. The number of hydrogen-bond donors (Lipinski definition) is 4. The van der Waals surface area contributed by atoms with Crippen LogP contribution >= 0.6 is 0 Å². The average Bonchev–Trinajstić information content (AvgIpc) is 2.90. The number of rotatable bonds is 9. The summed E-state index contributed by atoms with van der Waals surface area (Å²) in [6.45, 7) is 6.83. The van der Waals surface area contributed by atoms with E-state index in [4.69, 9.17) is 38.7 Å². The highest BCUT2D eigenvalue weighted by molar-refractivity contribution is 6.27. The van der Waals surface area contributed by atoms with E-state index >= 15 is 0 Å². The second-order valence-corrected chi connectivity index (χ2v) is 10.4. The van der Waals surface area contributed by atoms with Crippen LogP contribution in [-0.4, -0.2) is 68.6 Å².